The first-order chi connectivity index (χ1) is 7.96. The van der Waals surface area contributed by atoms with Crippen molar-refractivity contribution in [3.63, 3.8) is 0 Å². The van der Waals surface area contributed by atoms with Gasteiger partial charge in [-0.25, -0.2) is 4.79 Å². The largest absolute Gasteiger partial charge is 0.478 e. The lowest BCUT2D eigenvalue weighted by molar-refractivity contribution is -0.436. The Morgan fingerprint density at radius 3 is 1.89 bits per heavy atom. The number of hydrogen-bond acceptors (Lipinski definition) is 4. The summed E-state index contributed by atoms with van der Waals surface area (Å²) in [6, 6.07) is 0. The summed E-state index contributed by atoms with van der Waals surface area (Å²) in [5, 5.41) is 0. The molecule has 104 valence electrons. The van der Waals surface area contributed by atoms with E-state index in [0.29, 0.717) is 0 Å². The average Bonchev–Trinajstić information content (AvgIpc) is 2.54. The highest BCUT2D eigenvalue weighted by molar-refractivity contribution is 9.11. The van der Waals surface area contributed by atoms with Crippen molar-refractivity contribution in [2.45, 2.75) is 18.1 Å². The lowest BCUT2D eigenvalue weighted by Crippen LogP contribution is -2.58. The molecule has 0 spiro atoms. The molecule has 0 radical (unpaired) electrons. The van der Waals surface area contributed by atoms with Gasteiger partial charge in [-0.05, 0) is 15.9 Å². The maximum atomic E-state index is 12.5. The molecule has 0 aliphatic carbocycles. The zero-order valence-electron chi connectivity index (χ0n) is 8.28. The van der Waals surface area contributed by atoms with Crippen molar-refractivity contribution >= 4 is 21.9 Å². The van der Waals surface area contributed by atoms with Crippen LogP contribution < -0.4 is 0 Å². The van der Waals surface area contributed by atoms with Gasteiger partial charge in [-0.1, -0.05) is 0 Å². The summed E-state index contributed by atoms with van der Waals surface area (Å²) >= 11 is 2.24. The average molecular weight is 345 g/mol. The molecule has 0 N–H and O–H groups in total. The molecule has 18 heavy (non-hydrogen) atoms. The third kappa shape index (κ3) is 2.10. The standard InChI is InChI=1S/C7H3BrF6O4/c1-16-4(15)2-3(8)18-5(17-2,6(9,10)11)7(12,13)14/h1H3. The van der Waals surface area contributed by atoms with Crippen molar-refractivity contribution in [1.82, 2.24) is 0 Å². The van der Waals surface area contributed by atoms with E-state index >= 15 is 0 Å². The van der Waals surface area contributed by atoms with E-state index in [1.807, 2.05) is 0 Å². The summed E-state index contributed by atoms with van der Waals surface area (Å²) < 4.78 is 84.8. The van der Waals surface area contributed by atoms with Gasteiger partial charge in [0.2, 0.25) is 4.67 Å². The number of rotatable bonds is 1. The molecule has 0 saturated heterocycles. The number of ether oxygens (including phenoxy) is 3. The van der Waals surface area contributed by atoms with Gasteiger partial charge in [-0.15, -0.1) is 0 Å². The molecular weight excluding hydrogens is 342 g/mol. The van der Waals surface area contributed by atoms with E-state index in [1.54, 1.807) is 0 Å². The zero-order valence-corrected chi connectivity index (χ0v) is 9.86. The Hall–Kier alpha value is -1.13. The molecule has 1 aliphatic heterocycles. The second-order valence-electron chi connectivity index (χ2n) is 2.91. The van der Waals surface area contributed by atoms with Crippen LogP contribution in [0.5, 0.6) is 0 Å². The smallest absolute Gasteiger partial charge is 0.463 e. The van der Waals surface area contributed by atoms with E-state index in [9.17, 15) is 31.1 Å². The summed E-state index contributed by atoms with van der Waals surface area (Å²) in [7, 11) is 0.750. The maximum absolute atomic E-state index is 12.5. The van der Waals surface area contributed by atoms with Crippen LogP contribution in [0.15, 0.2) is 10.4 Å². The van der Waals surface area contributed by atoms with Gasteiger partial charge in [0, 0.05) is 0 Å². The molecule has 1 rings (SSSR count). The Morgan fingerprint density at radius 2 is 1.61 bits per heavy atom. The van der Waals surface area contributed by atoms with E-state index in [0.717, 1.165) is 7.11 Å². The summed E-state index contributed by atoms with van der Waals surface area (Å²) in [4.78, 5) is 10.9. The number of alkyl halides is 6. The fourth-order valence-corrected chi connectivity index (χ4v) is 1.45. The van der Waals surface area contributed by atoms with Crippen LogP contribution in [0.3, 0.4) is 0 Å². The van der Waals surface area contributed by atoms with Crippen molar-refractivity contribution in [3.8, 4) is 0 Å². The molecule has 4 nitrogen and oxygen atoms in total. The van der Waals surface area contributed by atoms with Gasteiger partial charge >= 0.3 is 24.1 Å². The first-order valence-electron chi connectivity index (χ1n) is 3.96. The minimum atomic E-state index is -5.94. The minimum Gasteiger partial charge on any atom is -0.463 e. The second kappa shape index (κ2) is 4.21. The molecule has 0 unspecified atom stereocenters. The van der Waals surface area contributed by atoms with Crippen LogP contribution in [0.4, 0.5) is 26.3 Å². The third-order valence-corrected chi connectivity index (χ3v) is 2.30. The van der Waals surface area contributed by atoms with Crippen LogP contribution in [-0.2, 0) is 19.0 Å². The van der Waals surface area contributed by atoms with Gasteiger partial charge in [0.15, 0.2) is 0 Å². The SMILES string of the molecule is COC(=O)C1=C(Br)OC(C(F)(F)F)(C(F)(F)F)O1. The number of carbonyl (C=O) groups is 1. The highest BCUT2D eigenvalue weighted by Gasteiger charge is 2.80. The van der Waals surface area contributed by atoms with Crippen molar-refractivity contribution in [2.75, 3.05) is 7.11 Å². The lowest BCUT2D eigenvalue weighted by Gasteiger charge is -2.31. The van der Waals surface area contributed by atoms with Crippen LogP contribution in [0, 0.1) is 0 Å². The van der Waals surface area contributed by atoms with E-state index in [4.69, 9.17) is 0 Å². The van der Waals surface area contributed by atoms with E-state index in [-0.39, 0.29) is 0 Å². The van der Waals surface area contributed by atoms with Crippen molar-refractivity contribution in [1.29, 1.82) is 0 Å². The van der Waals surface area contributed by atoms with E-state index in [2.05, 4.69) is 30.1 Å². The molecular formula is C7H3BrF6O4. The minimum absolute atomic E-state index is 0.750. The molecule has 0 aromatic carbocycles. The van der Waals surface area contributed by atoms with Crippen LogP contribution in [-0.4, -0.2) is 31.2 Å². The second-order valence-corrected chi connectivity index (χ2v) is 3.63. The Kier molecular flexibility index (Phi) is 3.49. The molecule has 0 aromatic heterocycles. The van der Waals surface area contributed by atoms with Gasteiger partial charge in [-0.2, -0.15) is 26.3 Å². The molecule has 0 atom stereocenters. The first kappa shape index (κ1) is 14.9. The number of carbonyl (C=O) groups excluding carboxylic acids is 1. The van der Waals surface area contributed by atoms with E-state index in [1.165, 1.54) is 0 Å². The summed E-state index contributed by atoms with van der Waals surface area (Å²) in [5.41, 5.74) is 0. The summed E-state index contributed by atoms with van der Waals surface area (Å²) in [5.74, 6) is -7.83. The number of methoxy groups -OCH3 is 1. The van der Waals surface area contributed by atoms with Crippen LogP contribution >= 0.6 is 15.9 Å². The molecule has 1 aliphatic rings. The Morgan fingerprint density at radius 1 is 1.17 bits per heavy atom. The monoisotopic (exact) mass is 344 g/mol. The Bertz CT molecular complexity index is 384. The van der Waals surface area contributed by atoms with Crippen molar-refractivity contribution in [2.24, 2.45) is 0 Å². The fourth-order valence-electron chi connectivity index (χ4n) is 0.984. The van der Waals surface area contributed by atoms with Gasteiger partial charge in [-0.3, -0.25) is 0 Å². The molecule has 0 fully saturated rings. The molecule has 0 bridgehead atoms. The normalized spacial score (nSPS) is 19.3. The molecule has 0 amide bonds. The van der Waals surface area contributed by atoms with Crippen molar-refractivity contribution in [3.05, 3.63) is 10.4 Å². The molecule has 11 heteroatoms. The van der Waals surface area contributed by atoms with Crippen LogP contribution in [0.25, 0.3) is 0 Å². The molecule has 0 saturated carbocycles. The number of halogens is 7. The van der Waals surface area contributed by atoms with Gasteiger partial charge in [0.05, 0.1) is 7.11 Å². The van der Waals surface area contributed by atoms with Crippen molar-refractivity contribution < 1.29 is 45.3 Å². The first-order valence-corrected chi connectivity index (χ1v) is 4.75. The highest BCUT2D eigenvalue weighted by atomic mass is 79.9. The predicted molar refractivity (Wildman–Crippen MR) is 45.0 cm³/mol. The molecule has 0 aromatic rings. The number of hydrogen-bond donors (Lipinski definition) is 0. The fraction of sp³-hybridized carbons (Fsp3) is 0.571. The maximum Gasteiger partial charge on any atom is 0.478 e. The predicted octanol–water partition coefficient (Wildman–Crippen LogP) is 2.59. The summed E-state index contributed by atoms with van der Waals surface area (Å²) in [6.45, 7) is 0. The third-order valence-electron chi connectivity index (χ3n) is 1.77. The van der Waals surface area contributed by atoms with Gasteiger partial charge in [0.25, 0.3) is 5.76 Å². The number of esters is 1. The Balaban J connectivity index is 3.22. The Labute approximate surface area is 104 Å². The van der Waals surface area contributed by atoms with Gasteiger partial charge < -0.3 is 14.2 Å². The molecule has 1 heterocycles. The lowest BCUT2D eigenvalue weighted by atomic mass is 10.2. The quantitative estimate of drug-likeness (QED) is 0.541. The van der Waals surface area contributed by atoms with Crippen LogP contribution in [0.2, 0.25) is 0 Å². The highest BCUT2D eigenvalue weighted by Crippen LogP contribution is 2.53. The van der Waals surface area contributed by atoms with Crippen LogP contribution in [0.1, 0.15) is 0 Å². The van der Waals surface area contributed by atoms with E-state index < -0.39 is 34.5 Å². The topological polar surface area (TPSA) is 44.8 Å². The summed E-state index contributed by atoms with van der Waals surface area (Å²) in [6.07, 6.45) is -11.9. The zero-order chi connectivity index (χ0) is 14.4. The van der Waals surface area contributed by atoms with Gasteiger partial charge in [0.1, 0.15) is 0 Å².